The van der Waals surface area contributed by atoms with E-state index >= 15 is 0 Å². The van der Waals surface area contributed by atoms with E-state index in [1.54, 1.807) is 0 Å². The molecule has 0 saturated heterocycles. The highest BCUT2D eigenvalue weighted by atomic mass is 16.2. The lowest BCUT2D eigenvalue weighted by Crippen LogP contribution is -2.19. The average molecular weight is 345 g/mol. The molecule has 1 amide bonds. The van der Waals surface area contributed by atoms with Gasteiger partial charge in [0.1, 0.15) is 0 Å². The third-order valence-corrected chi connectivity index (χ3v) is 4.45. The van der Waals surface area contributed by atoms with Crippen molar-refractivity contribution in [2.24, 2.45) is 5.10 Å². The second-order valence-electron chi connectivity index (χ2n) is 6.79. The first-order valence-corrected chi connectivity index (χ1v) is 10.2. The second-order valence-corrected chi connectivity index (χ2v) is 6.79. The van der Waals surface area contributed by atoms with Crippen molar-refractivity contribution >= 4 is 11.6 Å². The van der Waals surface area contributed by atoms with Gasteiger partial charge in [0.15, 0.2) is 0 Å². The lowest BCUT2D eigenvalue weighted by Gasteiger charge is -2.07. The minimum absolute atomic E-state index is 0.0379. The number of amides is 1. The zero-order valence-electron chi connectivity index (χ0n) is 16.2. The van der Waals surface area contributed by atoms with Crippen molar-refractivity contribution in [2.45, 2.75) is 90.9 Å². The summed E-state index contributed by atoms with van der Waals surface area (Å²) in [4.78, 5) is 12.0. The van der Waals surface area contributed by atoms with Crippen molar-refractivity contribution in [1.29, 1.82) is 0 Å². The van der Waals surface area contributed by atoms with E-state index in [1.165, 1.54) is 38.5 Å². The van der Waals surface area contributed by atoms with Crippen LogP contribution in [-0.2, 0) is 4.79 Å². The molecule has 140 valence electrons. The largest absolute Gasteiger partial charge is 0.273 e. The summed E-state index contributed by atoms with van der Waals surface area (Å²) in [6.45, 7) is 4.41. The smallest absolute Gasteiger partial charge is 0.240 e. The van der Waals surface area contributed by atoms with Crippen molar-refractivity contribution in [3.05, 3.63) is 35.9 Å². The van der Waals surface area contributed by atoms with E-state index in [1.807, 2.05) is 18.2 Å². The summed E-state index contributed by atoms with van der Waals surface area (Å²) in [6.07, 6.45) is 13.7. The van der Waals surface area contributed by atoms with Crippen LogP contribution in [-0.4, -0.2) is 11.6 Å². The van der Waals surface area contributed by atoms with Crippen LogP contribution in [0.3, 0.4) is 0 Å². The van der Waals surface area contributed by atoms with Crippen LogP contribution in [0.15, 0.2) is 35.4 Å². The number of carbonyl (C=O) groups excluding carboxylic acids is 1. The van der Waals surface area contributed by atoms with E-state index in [-0.39, 0.29) is 5.91 Å². The highest BCUT2D eigenvalue weighted by Crippen LogP contribution is 2.10. The van der Waals surface area contributed by atoms with Crippen molar-refractivity contribution in [1.82, 2.24) is 5.43 Å². The molecule has 0 unspecified atom stereocenters. The number of hydrogen-bond donors (Lipinski definition) is 1. The summed E-state index contributed by atoms with van der Waals surface area (Å²) in [5, 5.41) is 4.40. The van der Waals surface area contributed by atoms with Gasteiger partial charge in [0, 0.05) is 6.42 Å². The number of benzene rings is 1. The number of hydrogen-bond acceptors (Lipinski definition) is 2. The number of rotatable bonds is 14. The van der Waals surface area contributed by atoms with Gasteiger partial charge in [0.25, 0.3) is 0 Å². The molecule has 0 saturated carbocycles. The molecule has 3 heteroatoms. The van der Waals surface area contributed by atoms with Crippen LogP contribution in [0.1, 0.15) is 96.5 Å². The monoisotopic (exact) mass is 344 g/mol. The van der Waals surface area contributed by atoms with Gasteiger partial charge in [-0.1, -0.05) is 95.5 Å². The molecular formula is C22H36N2O. The van der Waals surface area contributed by atoms with Gasteiger partial charge in [0.05, 0.1) is 5.71 Å². The molecule has 0 aliphatic heterocycles. The third-order valence-electron chi connectivity index (χ3n) is 4.45. The Labute approximate surface area is 154 Å². The Morgan fingerprint density at radius 1 is 0.800 bits per heavy atom. The summed E-state index contributed by atoms with van der Waals surface area (Å²) in [6, 6.07) is 10.1. The second kappa shape index (κ2) is 14.7. The van der Waals surface area contributed by atoms with E-state index in [0.29, 0.717) is 6.42 Å². The molecule has 0 radical (unpaired) electrons. The maximum absolute atomic E-state index is 12.0. The van der Waals surface area contributed by atoms with Gasteiger partial charge in [-0.15, -0.1) is 0 Å². The van der Waals surface area contributed by atoms with Crippen LogP contribution in [0.2, 0.25) is 0 Å². The maximum atomic E-state index is 12.0. The summed E-state index contributed by atoms with van der Waals surface area (Å²) < 4.78 is 0. The highest BCUT2D eigenvalue weighted by molar-refractivity contribution is 6.01. The van der Waals surface area contributed by atoms with E-state index in [2.05, 4.69) is 36.5 Å². The average Bonchev–Trinajstić information content (AvgIpc) is 2.64. The fraction of sp³-hybridized carbons (Fsp3) is 0.636. The summed E-state index contributed by atoms with van der Waals surface area (Å²) >= 11 is 0. The SMILES string of the molecule is CCCCCCCCCCC(=O)N/N=C(\CCCC)c1ccccc1. The van der Waals surface area contributed by atoms with Crippen LogP contribution < -0.4 is 5.43 Å². The fourth-order valence-corrected chi connectivity index (χ4v) is 2.84. The number of carbonyl (C=O) groups is 1. The van der Waals surface area contributed by atoms with Gasteiger partial charge in [-0.05, 0) is 24.8 Å². The van der Waals surface area contributed by atoms with Crippen LogP contribution >= 0.6 is 0 Å². The molecule has 0 fully saturated rings. The van der Waals surface area contributed by atoms with Gasteiger partial charge < -0.3 is 0 Å². The predicted molar refractivity (Wildman–Crippen MR) is 108 cm³/mol. The van der Waals surface area contributed by atoms with E-state index in [4.69, 9.17) is 0 Å². The first kappa shape index (κ1) is 21.4. The molecule has 1 aromatic carbocycles. The maximum Gasteiger partial charge on any atom is 0.240 e. The lowest BCUT2D eigenvalue weighted by molar-refractivity contribution is -0.121. The Morgan fingerprint density at radius 3 is 2.04 bits per heavy atom. The zero-order valence-corrected chi connectivity index (χ0v) is 16.2. The standard InChI is InChI=1S/C22H36N2O/c1-3-5-7-8-9-10-11-15-19-22(25)24-23-21(18-6-4-2)20-16-13-12-14-17-20/h12-14,16-17H,3-11,15,18-19H2,1-2H3,(H,24,25)/b23-21+. The molecule has 0 atom stereocenters. The first-order valence-electron chi connectivity index (χ1n) is 10.2. The van der Waals surface area contributed by atoms with Crippen LogP contribution in [0.25, 0.3) is 0 Å². The Balaban J connectivity index is 2.27. The highest BCUT2D eigenvalue weighted by Gasteiger charge is 2.05. The molecule has 1 rings (SSSR count). The Bertz CT molecular complexity index is 482. The van der Waals surface area contributed by atoms with E-state index in [9.17, 15) is 4.79 Å². The summed E-state index contributed by atoms with van der Waals surface area (Å²) in [7, 11) is 0. The summed E-state index contributed by atoms with van der Waals surface area (Å²) in [5.74, 6) is 0.0379. The third kappa shape index (κ3) is 10.8. The Hall–Kier alpha value is -1.64. The van der Waals surface area contributed by atoms with Gasteiger partial charge in [0.2, 0.25) is 5.91 Å². The Morgan fingerprint density at radius 2 is 1.40 bits per heavy atom. The minimum atomic E-state index is 0.0379. The number of unbranched alkanes of at least 4 members (excludes halogenated alkanes) is 8. The summed E-state index contributed by atoms with van der Waals surface area (Å²) in [5.41, 5.74) is 4.84. The van der Waals surface area contributed by atoms with Gasteiger partial charge in [-0.2, -0.15) is 5.10 Å². The van der Waals surface area contributed by atoms with Crippen LogP contribution in [0.5, 0.6) is 0 Å². The van der Waals surface area contributed by atoms with Crippen molar-refractivity contribution in [2.75, 3.05) is 0 Å². The topological polar surface area (TPSA) is 41.5 Å². The van der Waals surface area contributed by atoms with Gasteiger partial charge in [-0.25, -0.2) is 5.43 Å². The Kier molecular flexibility index (Phi) is 12.6. The van der Waals surface area contributed by atoms with Crippen molar-refractivity contribution in [3.8, 4) is 0 Å². The zero-order chi connectivity index (χ0) is 18.2. The quantitative estimate of drug-likeness (QED) is 0.243. The minimum Gasteiger partial charge on any atom is -0.273 e. The van der Waals surface area contributed by atoms with Crippen LogP contribution in [0, 0.1) is 0 Å². The normalized spacial score (nSPS) is 11.5. The van der Waals surface area contributed by atoms with Gasteiger partial charge in [-0.3, -0.25) is 4.79 Å². The molecular weight excluding hydrogens is 308 g/mol. The lowest BCUT2D eigenvalue weighted by atomic mass is 10.1. The number of hydrazone groups is 1. The predicted octanol–water partition coefficient (Wildman–Crippen LogP) is 6.23. The molecule has 0 heterocycles. The van der Waals surface area contributed by atoms with Gasteiger partial charge >= 0.3 is 0 Å². The molecule has 0 bridgehead atoms. The number of nitrogens with zero attached hydrogens (tertiary/aromatic N) is 1. The molecule has 25 heavy (non-hydrogen) atoms. The molecule has 0 spiro atoms. The molecule has 1 aromatic rings. The molecule has 3 nitrogen and oxygen atoms in total. The van der Waals surface area contributed by atoms with Crippen molar-refractivity contribution in [3.63, 3.8) is 0 Å². The molecule has 0 aromatic heterocycles. The first-order chi connectivity index (χ1) is 12.3. The van der Waals surface area contributed by atoms with Crippen molar-refractivity contribution < 1.29 is 4.79 Å². The molecule has 0 aliphatic rings. The van der Waals surface area contributed by atoms with Crippen LogP contribution in [0.4, 0.5) is 0 Å². The number of nitrogens with one attached hydrogen (secondary N) is 1. The fourth-order valence-electron chi connectivity index (χ4n) is 2.84. The van der Waals surface area contributed by atoms with E-state index < -0.39 is 0 Å². The molecule has 0 aliphatic carbocycles. The molecule has 1 N–H and O–H groups in total. The van der Waals surface area contributed by atoms with E-state index in [0.717, 1.165) is 43.4 Å².